The largest absolute Gasteiger partial charge is 0.508 e. The van der Waals surface area contributed by atoms with E-state index in [0.29, 0.717) is 5.75 Å². The fourth-order valence-corrected chi connectivity index (χ4v) is 2.93. The number of aliphatic carboxylic acids is 1. The Morgan fingerprint density at radius 3 is 2.76 bits per heavy atom. The standard InChI is InChI=1S/C16H24N2O3/c1-12-4-5-15(19)14(10-12)13(2)18-7-3-6-17(8-9-18)11-16(20)21/h4-5,10,13,19H,3,6-9,11H2,1-2H3,(H,20,21). The van der Waals surface area contributed by atoms with Gasteiger partial charge in [-0.3, -0.25) is 14.6 Å². The second-order valence-electron chi connectivity index (χ2n) is 5.80. The summed E-state index contributed by atoms with van der Waals surface area (Å²) in [5.74, 6) is -0.437. The van der Waals surface area contributed by atoms with Gasteiger partial charge < -0.3 is 10.2 Å². The molecule has 1 unspecified atom stereocenters. The minimum absolute atomic E-state index is 0.109. The van der Waals surface area contributed by atoms with Gasteiger partial charge in [-0.15, -0.1) is 0 Å². The van der Waals surface area contributed by atoms with Gasteiger partial charge in [-0.05, 0) is 26.3 Å². The van der Waals surface area contributed by atoms with Crippen LogP contribution in [0.4, 0.5) is 0 Å². The van der Waals surface area contributed by atoms with Crippen LogP contribution in [0, 0.1) is 6.92 Å². The smallest absolute Gasteiger partial charge is 0.317 e. The summed E-state index contributed by atoms with van der Waals surface area (Å²) in [5.41, 5.74) is 2.08. The third-order valence-electron chi connectivity index (χ3n) is 4.16. The highest BCUT2D eigenvalue weighted by molar-refractivity contribution is 5.69. The molecule has 0 spiro atoms. The Hall–Kier alpha value is -1.59. The highest BCUT2D eigenvalue weighted by atomic mass is 16.4. The molecule has 0 radical (unpaired) electrons. The van der Waals surface area contributed by atoms with E-state index in [0.717, 1.165) is 43.7 Å². The fraction of sp³-hybridized carbons (Fsp3) is 0.562. The predicted octanol–water partition coefficient (Wildman–Crippen LogP) is 1.85. The van der Waals surface area contributed by atoms with Crippen molar-refractivity contribution in [3.63, 3.8) is 0 Å². The third kappa shape index (κ3) is 4.19. The summed E-state index contributed by atoms with van der Waals surface area (Å²) in [4.78, 5) is 15.1. The first-order valence-corrected chi connectivity index (χ1v) is 7.45. The summed E-state index contributed by atoms with van der Waals surface area (Å²) in [6.07, 6.45) is 0.949. The van der Waals surface area contributed by atoms with Crippen molar-refractivity contribution in [2.24, 2.45) is 0 Å². The lowest BCUT2D eigenvalue weighted by molar-refractivity contribution is -0.138. The molecule has 1 saturated heterocycles. The van der Waals surface area contributed by atoms with Gasteiger partial charge in [0.25, 0.3) is 0 Å². The highest BCUT2D eigenvalue weighted by Crippen LogP contribution is 2.29. The second kappa shape index (κ2) is 6.91. The molecule has 1 aromatic rings. The summed E-state index contributed by atoms with van der Waals surface area (Å²) in [6.45, 7) is 7.54. The van der Waals surface area contributed by atoms with Gasteiger partial charge >= 0.3 is 5.97 Å². The second-order valence-corrected chi connectivity index (χ2v) is 5.80. The van der Waals surface area contributed by atoms with E-state index in [1.54, 1.807) is 6.07 Å². The van der Waals surface area contributed by atoms with Crippen molar-refractivity contribution in [3.8, 4) is 5.75 Å². The van der Waals surface area contributed by atoms with Crippen molar-refractivity contribution in [2.45, 2.75) is 26.3 Å². The highest BCUT2D eigenvalue weighted by Gasteiger charge is 2.22. The van der Waals surface area contributed by atoms with Crippen LogP contribution in [-0.4, -0.2) is 58.7 Å². The summed E-state index contributed by atoms with van der Waals surface area (Å²) in [6, 6.07) is 5.81. The van der Waals surface area contributed by atoms with Crippen LogP contribution in [0.25, 0.3) is 0 Å². The molecule has 1 aliphatic heterocycles. The Labute approximate surface area is 125 Å². The average molecular weight is 292 g/mol. The van der Waals surface area contributed by atoms with E-state index in [4.69, 9.17) is 5.11 Å². The monoisotopic (exact) mass is 292 g/mol. The van der Waals surface area contributed by atoms with Gasteiger partial charge in [-0.1, -0.05) is 17.7 Å². The zero-order valence-electron chi connectivity index (χ0n) is 12.7. The first kappa shape index (κ1) is 15.8. The first-order chi connectivity index (χ1) is 9.97. The van der Waals surface area contributed by atoms with Gasteiger partial charge in [0.05, 0.1) is 6.54 Å². The molecule has 1 aromatic carbocycles. The molecular formula is C16H24N2O3. The van der Waals surface area contributed by atoms with E-state index in [2.05, 4.69) is 11.8 Å². The summed E-state index contributed by atoms with van der Waals surface area (Å²) in [7, 11) is 0. The molecule has 0 saturated carbocycles. The maximum Gasteiger partial charge on any atom is 0.317 e. The Morgan fingerprint density at radius 2 is 2.05 bits per heavy atom. The number of hydrogen-bond acceptors (Lipinski definition) is 4. The Balaban J connectivity index is 2.04. The number of nitrogens with zero attached hydrogens (tertiary/aromatic N) is 2. The Morgan fingerprint density at radius 1 is 1.29 bits per heavy atom. The molecule has 1 fully saturated rings. The maximum atomic E-state index is 10.8. The lowest BCUT2D eigenvalue weighted by Crippen LogP contribution is -2.35. The molecule has 116 valence electrons. The molecule has 5 nitrogen and oxygen atoms in total. The number of phenols is 1. The number of benzene rings is 1. The molecule has 5 heteroatoms. The van der Waals surface area contributed by atoms with Crippen LogP contribution in [0.1, 0.15) is 30.5 Å². The molecule has 1 heterocycles. The maximum absolute atomic E-state index is 10.8. The van der Waals surface area contributed by atoms with Crippen LogP contribution in [0.3, 0.4) is 0 Å². The van der Waals surface area contributed by atoms with Crippen molar-refractivity contribution >= 4 is 5.97 Å². The van der Waals surface area contributed by atoms with E-state index in [9.17, 15) is 9.90 Å². The van der Waals surface area contributed by atoms with Crippen molar-refractivity contribution in [3.05, 3.63) is 29.3 Å². The summed E-state index contributed by atoms with van der Waals surface area (Å²) >= 11 is 0. The Kier molecular flexibility index (Phi) is 5.20. The molecule has 0 bridgehead atoms. The third-order valence-corrected chi connectivity index (χ3v) is 4.16. The van der Waals surface area contributed by atoms with Crippen molar-refractivity contribution in [2.75, 3.05) is 32.7 Å². The zero-order valence-corrected chi connectivity index (χ0v) is 12.7. The van der Waals surface area contributed by atoms with Gasteiger partial charge in [0.15, 0.2) is 0 Å². The molecule has 1 aliphatic rings. The van der Waals surface area contributed by atoms with Crippen LogP contribution in [0.5, 0.6) is 5.75 Å². The SMILES string of the molecule is Cc1ccc(O)c(C(C)N2CCCN(CC(=O)O)CC2)c1. The Bertz CT molecular complexity index is 504. The summed E-state index contributed by atoms with van der Waals surface area (Å²) in [5, 5.41) is 19.0. The normalized spacial score (nSPS) is 19.1. The number of phenolic OH excluding ortho intramolecular Hbond substituents is 1. The van der Waals surface area contributed by atoms with Gasteiger partial charge in [-0.25, -0.2) is 0 Å². The number of aromatic hydroxyl groups is 1. The molecule has 0 amide bonds. The van der Waals surface area contributed by atoms with E-state index < -0.39 is 5.97 Å². The van der Waals surface area contributed by atoms with Crippen molar-refractivity contribution in [1.82, 2.24) is 9.80 Å². The number of carbonyl (C=O) groups is 1. The van der Waals surface area contributed by atoms with Crippen molar-refractivity contribution < 1.29 is 15.0 Å². The number of hydrogen-bond donors (Lipinski definition) is 2. The molecule has 21 heavy (non-hydrogen) atoms. The van der Waals surface area contributed by atoms with E-state index >= 15 is 0 Å². The number of aryl methyl sites for hydroxylation is 1. The minimum Gasteiger partial charge on any atom is -0.508 e. The van der Waals surface area contributed by atoms with Gasteiger partial charge in [0, 0.05) is 37.8 Å². The first-order valence-electron chi connectivity index (χ1n) is 7.45. The fourth-order valence-electron chi connectivity index (χ4n) is 2.93. The van der Waals surface area contributed by atoms with E-state index in [1.165, 1.54) is 0 Å². The van der Waals surface area contributed by atoms with Crippen LogP contribution >= 0.6 is 0 Å². The molecule has 0 aliphatic carbocycles. The predicted molar refractivity (Wildman–Crippen MR) is 81.5 cm³/mol. The number of carboxylic acid groups (broad SMARTS) is 1. The van der Waals surface area contributed by atoms with Gasteiger partial charge in [0.1, 0.15) is 5.75 Å². The van der Waals surface area contributed by atoms with E-state index in [-0.39, 0.29) is 12.6 Å². The van der Waals surface area contributed by atoms with Crippen LogP contribution in [-0.2, 0) is 4.79 Å². The van der Waals surface area contributed by atoms with Crippen molar-refractivity contribution in [1.29, 1.82) is 0 Å². The number of rotatable bonds is 4. The molecule has 1 atom stereocenters. The van der Waals surface area contributed by atoms with Crippen LogP contribution in [0.15, 0.2) is 18.2 Å². The van der Waals surface area contributed by atoms with Crippen LogP contribution in [0.2, 0.25) is 0 Å². The topological polar surface area (TPSA) is 64.0 Å². The van der Waals surface area contributed by atoms with Gasteiger partial charge in [0.2, 0.25) is 0 Å². The lowest BCUT2D eigenvalue weighted by Gasteiger charge is -2.28. The average Bonchev–Trinajstić information content (AvgIpc) is 2.66. The summed E-state index contributed by atoms with van der Waals surface area (Å²) < 4.78 is 0. The zero-order chi connectivity index (χ0) is 15.4. The molecular weight excluding hydrogens is 268 g/mol. The molecule has 2 N–H and O–H groups in total. The quantitative estimate of drug-likeness (QED) is 0.887. The minimum atomic E-state index is -0.771. The lowest BCUT2D eigenvalue weighted by atomic mass is 10.0. The van der Waals surface area contributed by atoms with E-state index in [1.807, 2.05) is 24.0 Å². The number of carboxylic acids is 1. The molecule has 0 aromatic heterocycles. The van der Waals surface area contributed by atoms with Gasteiger partial charge in [-0.2, -0.15) is 0 Å². The van der Waals surface area contributed by atoms with Crippen LogP contribution < -0.4 is 0 Å². The molecule has 2 rings (SSSR count).